The Balaban J connectivity index is 2.36. The van der Waals surface area contributed by atoms with Crippen LogP contribution in [0.25, 0.3) is 0 Å². The standard InChI is InChI=1S/C11H13O/c1-12-11-7-6-9-4-2-3-5-10(9)8-11/h2,6-8H,3-5H2,1H3. The van der Waals surface area contributed by atoms with Gasteiger partial charge in [0.05, 0.1) is 7.11 Å². The molecule has 0 saturated heterocycles. The molecule has 0 aromatic heterocycles. The van der Waals surface area contributed by atoms with Crippen LogP contribution >= 0.6 is 0 Å². The summed E-state index contributed by atoms with van der Waals surface area (Å²) >= 11 is 0. The summed E-state index contributed by atoms with van der Waals surface area (Å²) in [7, 11) is 1.72. The van der Waals surface area contributed by atoms with Crippen molar-refractivity contribution in [2.75, 3.05) is 7.11 Å². The number of fused-ring (bicyclic) bond motifs is 1. The van der Waals surface area contributed by atoms with E-state index < -0.39 is 0 Å². The molecule has 0 atom stereocenters. The highest BCUT2D eigenvalue weighted by Crippen LogP contribution is 2.24. The Morgan fingerprint density at radius 3 is 3.00 bits per heavy atom. The van der Waals surface area contributed by atoms with E-state index in [0.29, 0.717) is 0 Å². The van der Waals surface area contributed by atoms with Gasteiger partial charge in [0.25, 0.3) is 0 Å². The smallest absolute Gasteiger partial charge is 0.119 e. The molecule has 12 heavy (non-hydrogen) atoms. The molecule has 2 rings (SSSR count). The third-order valence-corrected chi connectivity index (χ3v) is 2.40. The van der Waals surface area contributed by atoms with Gasteiger partial charge in [0, 0.05) is 0 Å². The van der Waals surface area contributed by atoms with Gasteiger partial charge in [-0.25, -0.2) is 0 Å². The molecule has 1 aromatic carbocycles. The summed E-state index contributed by atoms with van der Waals surface area (Å²) in [6.07, 6.45) is 5.85. The van der Waals surface area contributed by atoms with Gasteiger partial charge in [0.1, 0.15) is 5.75 Å². The van der Waals surface area contributed by atoms with E-state index in [1.807, 2.05) is 6.07 Å². The molecular formula is C11H13O. The van der Waals surface area contributed by atoms with Crippen molar-refractivity contribution in [3.8, 4) is 5.75 Å². The maximum atomic E-state index is 5.17. The van der Waals surface area contributed by atoms with Gasteiger partial charge < -0.3 is 4.74 Å². The molecule has 1 heteroatoms. The van der Waals surface area contributed by atoms with Gasteiger partial charge in [-0.05, 0) is 48.9 Å². The van der Waals surface area contributed by atoms with Crippen molar-refractivity contribution in [2.45, 2.75) is 19.3 Å². The van der Waals surface area contributed by atoms with Gasteiger partial charge in [-0.15, -0.1) is 0 Å². The van der Waals surface area contributed by atoms with Gasteiger partial charge in [0.15, 0.2) is 0 Å². The maximum absolute atomic E-state index is 5.17. The van der Waals surface area contributed by atoms with Crippen LogP contribution < -0.4 is 4.74 Å². The van der Waals surface area contributed by atoms with Gasteiger partial charge in [0.2, 0.25) is 0 Å². The molecule has 0 spiro atoms. The van der Waals surface area contributed by atoms with Crippen molar-refractivity contribution in [3.63, 3.8) is 0 Å². The van der Waals surface area contributed by atoms with Crippen LogP contribution in [0, 0.1) is 6.42 Å². The molecule has 0 heterocycles. The van der Waals surface area contributed by atoms with Crippen LogP contribution in [0.4, 0.5) is 0 Å². The number of aryl methyl sites for hydroxylation is 1. The van der Waals surface area contributed by atoms with E-state index >= 15 is 0 Å². The summed E-state index contributed by atoms with van der Waals surface area (Å²) in [5.41, 5.74) is 2.92. The Morgan fingerprint density at radius 1 is 1.25 bits per heavy atom. The van der Waals surface area contributed by atoms with E-state index in [4.69, 9.17) is 4.74 Å². The second-order valence-electron chi connectivity index (χ2n) is 3.17. The average molecular weight is 161 g/mol. The molecule has 0 amide bonds. The Labute approximate surface area is 73.4 Å². The molecule has 1 aliphatic rings. The fraction of sp³-hybridized carbons (Fsp3) is 0.364. The Morgan fingerprint density at radius 2 is 2.17 bits per heavy atom. The Kier molecular flexibility index (Phi) is 2.03. The van der Waals surface area contributed by atoms with Crippen LogP contribution in [0.5, 0.6) is 5.75 Å². The van der Waals surface area contributed by atoms with E-state index in [0.717, 1.165) is 12.2 Å². The number of rotatable bonds is 1. The molecule has 63 valence electrons. The largest absolute Gasteiger partial charge is 0.497 e. The van der Waals surface area contributed by atoms with E-state index in [2.05, 4.69) is 18.6 Å². The molecule has 0 fully saturated rings. The summed E-state index contributed by atoms with van der Waals surface area (Å²) in [5, 5.41) is 0. The predicted octanol–water partition coefficient (Wildman–Crippen LogP) is 2.39. The fourth-order valence-electron chi connectivity index (χ4n) is 1.68. The van der Waals surface area contributed by atoms with Crippen LogP contribution in [-0.4, -0.2) is 7.11 Å². The lowest BCUT2D eigenvalue weighted by Crippen LogP contribution is -2.02. The molecule has 0 saturated carbocycles. The second kappa shape index (κ2) is 3.18. The zero-order valence-electron chi connectivity index (χ0n) is 7.34. The lowest BCUT2D eigenvalue weighted by atomic mass is 9.92. The van der Waals surface area contributed by atoms with E-state index in [1.165, 1.54) is 24.0 Å². The predicted molar refractivity (Wildman–Crippen MR) is 49.3 cm³/mol. The van der Waals surface area contributed by atoms with Gasteiger partial charge >= 0.3 is 0 Å². The highest BCUT2D eigenvalue weighted by atomic mass is 16.5. The molecular weight excluding hydrogens is 148 g/mol. The van der Waals surface area contributed by atoms with Gasteiger partial charge in [-0.2, -0.15) is 0 Å². The monoisotopic (exact) mass is 161 g/mol. The first-order chi connectivity index (χ1) is 5.90. The SMILES string of the molecule is COc1ccc2c(c1)CC[CH]C2. The summed E-state index contributed by atoms with van der Waals surface area (Å²) in [5.74, 6) is 0.982. The zero-order chi connectivity index (χ0) is 8.39. The van der Waals surface area contributed by atoms with Crippen LogP contribution in [0.3, 0.4) is 0 Å². The molecule has 1 radical (unpaired) electrons. The normalized spacial score (nSPS) is 15.4. The maximum Gasteiger partial charge on any atom is 0.119 e. The highest BCUT2D eigenvalue weighted by Gasteiger charge is 2.09. The van der Waals surface area contributed by atoms with Crippen molar-refractivity contribution in [1.82, 2.24) is 0 Å². The van der Waals surface area contributed by atoms with E-state index in [9.17, 15) is 0 Å². The Bertz CT molecular complexity index is 278. The molecule has 0 unspecified atom stereocenters. The van der Waals surface area contributed by atoms with Crippen LogP contribution in [0.15, 0.2) is 18.2 Å². The first kappa shape index (κ1) is 7.66. The number of hydrogen-bond donors (Lipinski definition) is 0. The van der Waals surface area contributed by atoms with Crippen molar-refractivity contribution < 1.29 is 4.74 Å². The van der Waals surface area contributed by atoms with Crippen molar-refractivity contribution >= 4 is 0 Å². The summed E-state index contributed by atoms with van der Waals surface area (Å²) in [6.45, 7) is 0. The van der Waals surface area contributed by atoms with Gasteiger partial charge in [-0.1, -0.05) is 6.07 Å². The average Bonchev–Trinajstić information content (AvgIpc) is 2.17. The quantitative estimate of drug-likeness (QED) is 0.614. The second-order valence-corrected chi connectivity index (χ2v) is 3.17. The number of methoxy groups -OCH3 is 1. The van der Waals surface area contributed by atoms with Crippen LogP contribution in [0.1, 0.15) is 17.5 Å². The lowest BCUT2D eigenvalue weighted by molar-refractivity contribution is 0.414. The highest BCUT2D eigenvalue weighted by molar-refractivity contribution is 5.38. The first-order valence-corrected chi connectivity index (χ1v) is 4.37. The van der Waals surface area contributed by atoms with Crippen molar-refractivity contribution in [3.05, 3.63) is 35.7 Å². The van der Waals surface area contributed by atoms with Crippen molar-refractivity contribution in [1.29, 1.82) is 0 Å². The number of hydrogen-bond acceptors (Lipinski definition) is 1. The minimum atomic E-state index is 0.982. The third kappa shape index (κ3) is 1.31. The molecule has 1 nitrogen and oxygen atoms in total. The molecule has 0 N–H and O–H groups in total. The van der Waals surface area contributed by atoms with Gasteiger partial charge in [-0.3, -0.25) is 0 Å². The Hall–Kier alpha value is -0.980. The molecule has 0 bridgehead atoms. The van der Waals surface area contributed by atoms with E-state index in [-0.39, 0.29) is 0 Å². The fourth-order valence-corrected chi connectivity index (χ4v) is 1.68. The van der Waals surface area contributed by atoms with Crippen LogP contribution in [-0.2, 0) is 12.8 Å². The molecule has 0 aliphatic heterocycles. The third-order valence-electron chi connectivity index (χ3n) is 2.40. The van der Waals surface area contributed by atoms with Crippen molar-refractivity contribution in [2.24, 2.45) is 0 Å². The lowest BCUT2D eigenvalue weighted by Gasteiger charge is -2.15. The summed E-state index contributed by atoms with van der Waals surface area (Å²) in [6, 6.07) is 6.37. The number of ether oxygens (including phenoxy) is 1. The topological polar surface area (TPSA) is 9.23 Å². The minimum Gasteiger partial charge on any atom is -0.497 e. The van der Waals surface area contributed by atoms with E-state index in [1.54, 1.807) is 7.11 Å². The summed E-state index contributed by atoms with van der Waals surface area (Å²) < 4.78 is 5.17. The molecule has 1 aromatic rings. The first-order valence-electron chi connectivity index (χ1n) is 4.37. The number of benzene rings is 1. The molecule has 1 aliphatic carbocycles. The summed E-state index contributed by atoms with van der Waals surface area (Å²) in [4.78, 5) is 0. The van der Waals surface area contributed by atoms with Crippen LogP contribution in [0.2, 0.25) is 0 Å². The zero-order valence-corrected chi connectivity index (χ0v) is 7.34. The minimum absolute atomic E-state index is 0.982.